The number of hydrogen-bond acceptors (Lipinski definition) is 6. The molecule has 0 aromatic heterocycles. The van der Waals surface area contributed by atoms with Crippen LogP contribution >= 0.6 is 12.2 Å². The first-order valence-corrected chi connectivity index (χ1v) is 13.2. The van der Waals surface area contributed by atoms with Crippen LogP contribution in [0.5, 0.6) is 0 Å². The number of Topliss-reactive ketones (excluding diaryl/α,β-unsaturated/α-hetero) is 1. The highest BCUT2D eigenvalue weighted by molar-refractivity contribution is 7.80. The van der Waals surface area contributed by atoms with Gasteiger partial charge in [-0.15, -0.1) is 0 Å². The van der Waals surface area contributed by atoms with Crippen molar-refractivity contribution in [2.24, 2.45) is 28.6 Å². The Kier molecular flexibility index (Phi) is 6.63. The summed E-state index contributed by atoms with van der Waals surface area (Å²) in [7, 11) is 0. The van der Waals surface area contributed by atoms with Crippen LogP contribution < -0.4 is 0 Å². The second-order valence-corrected chi connectivity index (χ2v) is 11.5. The van der Waals surface area contributed by atoms with Crippen molar-refractivity contribution in [3.63, 3.8) is 0 Å². The predicted molar refractivity (Wildman–Crippen MR) is 130 cm³/mol. The maximum absolute atomic E-state index is 13.7. The normalized spacial score (nSPS) is 39.6. The fourth-order valence-electron chi connectivity index (χ4n) is 7.87. The van der Waals surface area contributed by atoms with Crippen molar-refractivity contribution in [3.05, 3.63) is 11.6 Å². The van der Waals surface area contributed by atoms with Gasteiger partial charge >= 0.3 is 5.97 Å². The summed E-state index contributed by atoms with van der Waals surface area (Å²) in [4.78, 5) is 38.3. The van der Waals surface area contributed by atoms with Gasteiger partial charge in [-0.3, -0.25) is 14.4 Å². The molecular weight excluding hydrogens is 436 g/mol. The molecule has 0 spiro atoms. The molecule has 4 aliphatic rings. The first-order chi connectivity index (χ1) is 15.6. The lowest BCUT2D eigenvalue weighted by molar-refractivity contribution is -0.191. The Bertz CT molecular complexity index is 893. The lowest BCUT2D eigenvalue weighted by Gasteiger charge is -2.59. The van der Waals surface area contributed by atoms with Gasteiger partial charge in [0.25, 0.3) is 0 Å². The average molecular weight is 475 g/mol. The van der Waals surface area contributed by atoms with Crippen LogP contribution in [0.15, 0.2) is 11.6 Å². The smallest absolute Gasteiger partial charge is 0.306 e. The summed E-state index contributed by atoms with van der Waals surface area (Å²) in [6, 6.07) is 0. The molecule has 0 radical (unpaired) electrons. The molecule has 0 amide bonds. The number of thiocarbonyl (C=S) groups is 1. The van der Waals surface area contributed by atoms with Crippen molar-refractivity contribution >= 4 is 34.8 Å². The van der Waals surface area contributed by atoms with Crippen LogP contribution in [0, 0.1) is 28.6 Å². The minimum Gasteiger partial charge on any atom is -0.479 e. The van der Waals surface area contributed by atoms with Crippen LogP contribution in [0.2, 0.25) is 0 Å². The summed E-state index contributed by atoms with van der Waals surface area (Å²) in [6.07, 6.45) is 9.59. The van der Waals surface area contributed by atoms with E-state index in [1.807, 2.05) is 13.0 Å². The summed E-state index contributed by atoms with van der Waals surface area (Å²) >= 11 is 5.18. The van der Waals surface area contributed by atoms with E-state index < -0.39 is 11.0 Å². The largest absolute Gasteiger partial charge is 0.479 e. The SMILES string of the molecule is CCC(=O)O[C@]1(C(=O)COC(=S)CC)CC[C@H]2[C@@H]3CCC4=CC(=O)CC[C@]4(C)[C@H]3CC[C@@]21C. The molecule has 0 aliphatic heterocycles. The molecule has 6 atom stereocenters. The molecule has 0 heterocycles. The van der Waals surface area contributed by atoms with E-state index in [0.717, 1.165) is 38.5 Å². The lowest BCUT2D eigenvalue weighted by Crippen LogP contribution is -2.60. The number of fused-ring (bicyclic) bond motifs is 5. The van der Waals surface area contributed by atoms with E-state index in [2.05, 4.69) is 13.8 Å². The lowest BCUT2D eigenvalue weighted by atomic mass is 9.46. The number of ketones is 2. The fraction of sp³-hybridized carbons (Fsp3) is 0.778. The van der Waals surface area contributed by atoms with Crippen molar-refractivity contribution < 1.29 is 23.9 Å². The van der Waals surface area contributed by atoms with E-state index in [9.17, 15) is 14.4 Å². The van der Waals surface area contributed by atoms with Gasteiger partial charge in [0.15, 0.2) is 23.0 Å². The molecule has 0 aromatic rings. The molecule has 33 heavy (non-hydrogen) atoms. The third-order valence-electron chi connectivity index (χ3n) is 9.76. The van der Waals surface area contributed by atoms with Crippen molar-refractivity contribution in [3.8, 4) is 0 Å². The summed E-state index contributed by atoms with van der Waals surface area (Å²) < 4.78 is 11.7. The highest BCUT2D eigenvalue weighted by Crippen LogP contribution is 2.68. The molecular formula is C27H38O5S. The van der Waals surface area contributed by atoms with Gasteiger partial charge in [0.2, 0.25) is 5.78 Å². The zero-order chi connectivity index (χ0) is 24.0. The number of esters is 1. The van der Waals surface area contributed by atoms with E-state index in [1.165, 1.54) is 5.57 Å². The maximum Gasteiger partial charge on any atom is 0.306 e. The minimum atomic E-state index is -1.14. The molecule has 182 valence electrons. The monoisotopic (exact) mass is 474 g/mol. The van der Waals surface area contributed by atoms with E-state index in [-0.39, 0.29) is 36.0 Å². The van der Waals surface area contributed by atoms with E-state index in [4.69, 9.17) is 21.7 Å². The van der Waals surface area contributed by atoms with Crippen molar-refractivity contribution in [2.75, 3.05) is 6.61 Å². The summed E-state index contributed by atoms with van der Waals surface area (Å²) in [6.45, 7) is 8.08. The quantitative estimate of drug-likeness (QED) is 0.372. The third-order valence-corrected chi connectivity index (χ3v) is 10.2. The number of ether oxygens (including phenoxy) is 2. The average Bonchev–Trinajstić information content (AvgIpc) is 3.10. The highest BCUT2D eigenvalue weighted by atomic mass is 32.1. The van der Waals surface area contributed by atoms with Crippen molar-refractivity contribution in [1.29, 1.82) is 0 Å². The van der Waals surface area contributed by atoms with Crippen LogP contribution in [0.1, 0.15) is 91.9 Å². The summed E-state index contributed by atoms with van der Waals surface area (Å²) in [5.74, 6) is 1.11. The van der Waals surface area contributed by atoms with Crippen LogP contribution in [-0.4, -0.2) is 34.8 Å². The van der Waals surface area contributed by atoms with E-state index in [0.29, 0.717) is 42.1 Å². The van der Waals surface area contributed by atoms with Crippen LogP contribution in [0.25, 0.3) is 0 Å². The zero-order valence-electron chi connectivity index (χ0n) is 20.5. The summed E-state index contributed by atoms with van der Waals surface area (Å²) in [5.41, 5.74) is -0.138. The van der Waals surface area contributed by atoms with Gasteiger partial charge in [-0.25, -0.2) is 0 Å². The highest BCUT2D eigenvalue weighted by Gasteiger charge is 2.68. The topological polar surface area (TPSA) is 69.7 Å². The van der Waals surface area contributed by atoms with Gasteiger partial charge in [0.05, 0.1) is 0 Å². The molecule has 0 N–H and O–H groups in total. The molecule has 6 heteroatoms. The molecule has 0 unspecified atom stereocenters. The standard InChI is InChI=1S/C27H38O5S/c1-5-23(30)32-27(22(29)16-31-24(33)6-2)14-11-21-19-8-7-17-15-18(28)9-12-25(17,3)20(19)10-13-26(21,27)4/h15,19-21H,5-14,16H2,1-4H3/t19-,20+,21+,25+,26+,27+/m1/s1. The number of hydrogen-bond donors (Lipinski definition) is 0. The zero-order valence-corrected chi connectivity index (χ0v) is 21.4. The fourth-order valence-corrected chi connectivity index (χ4v) is 7.93. The Morgan fingerprint density at radius 2 is 1.76 bits per heavy atom. The Morgan fingerprint density at radius 3 is 2.45 bits per heavy atom. The first kappa shape index (κ1) is 24.6. The number of carbonyl (C=O) groups is 3. The van der Waals surface area contributed by atoms with Gasteiger partial charge < -0.3 is 9.47 Å². The van der Waals surface area contributed by atoms with E-state index >= 15 is 0 Å². The first-order valence-electron chi connectivity index (χ1n) is 12.8. The number of rotatable bonds is 6. The Balaban J connectivity index is 1.65. The molecule has 4 rings (SSSR count). The molecule has 5 nitrogen and oxygen atoms in total. The van der Waals surface area contributed by atoms with Gasteiger partial charge in [0.1, 0.15) is 0 Å². The number of carbonyl (C=O) groups excluding carboxylic acids is 3. The van der Waals surface area contributed by atoms with Crippen molar-refractivity contribution in [1.82, 2.24) is 0 Å². The van der Waals surface area contributed by atoms with Gasteiger partial charge in [-0.05, 0) is 86.4 Å². The molecule has 0 aromatic carbocycles. The summed E-state index contributed by atoms with van der Waals surface area (Å²) in [5, 5.41) is 0.412. The second-order valence-electron chi connectivity index (χ2n) is 11.1. The Hall–Kier alpha value is -1.56. The third kappa shape index (κ3) is 3.81. The molecule has 0 bridgehead atoms. The van der Waals surface area contributed by atoms with Crippen LogP contribution in [0.3, 0.4) is 0 Å². The van der Waals surface area contributed by atoms with Gasteiger partial charge in [-0.1, -0.05) is 33.3 Å². The minimum absolute atomic E-state index is 0.0733. The van der Waals surface area contributed by atoms with Crippen LogP contribution in [0.4, 0.5) is 0 Å². The van der Waals surface area contributed by atoms with Crippen LogP contribution in [-0.2, 0) is 23.9 Å². The second kappa shape index (κ2) is 8.90. The molecule has 3 saturated carbocycles. The molecule has 0 saturated heterocycles. The van der Waals surface area contributed by atoms with Gasteiger partial charge in [-0.2, -0.15) is 0 Å². The van der Waals surface area contributed by atoms with Crippen molar-refractivity contribution in [2.45, 2.75) is 97.5 Å². The van der Waals surface area contributed by atoms with Gasteiger partial charge in [0, 0.05) is 24.7 Å². The Morgan fingerprint density at radius 1 is 1.03 bits per heavy atom. The predicted octanol–water partition coefficient (Wildman–Crippen LogP) is 5.53. The Labute approximate surface area is 203 Å². The maximum atomic E-state index is 13.7. The molecule has 4 aliphatic carbocycles. The molecule has 3 fully saturated rings. The van der Waals surface area contributed by atoms with E-state index in [1.54, 1.807) is 6.92 Å². The number of allylic oxidation sites excluding steroid dienone is 1.